The van der Waals surface area contributed by atoms with Gasteiger partial charge < -0.3 is 37.5 Å². The minimum atomic E-state index is -1.24. The Kier molecular flexibility index (Phi) is 12.8. The first-order chi connectivity index (χ1) is 16.4. The number of primary amides is 1. The van der Waals surface area contributed by atoms with Crippen LogP contribution in [0, 0.1) is 5.92 Å². The molecule has 0 saturated carbocycles. The molecule has 1 aromatic rings. The predicted molar refractivity (Wildman–Crippen MR) is 130 cm³/mol. The number of imidazole rings is 1. The monoisotopic (exact) mass is 513 g/mol. The number of aromatic nitrogens is 2. The highest BCUT2D eigenvalue weighted by Crippen LogP contribution is 2.09. The zero-order chi connectivity index (χ0) is 26.5. The van der Waals surface area contributed by atoms with Crippen LogP contribution < -0.4 is 27.4 Å². The molecule has 35 heavy (non-hydrogen) atoms. The van der Waals surface area contributed by atoms with E-state index in [0.717, 1.165) is 0 Å². The maximum atomic E-state index is 13.0. The smallest absolute Gasteiger partial charge is 0.326 e. The summed E-state index contributed by atoms with van der Waals surface area (Å²) in [5.74, 6) is -3.49. The van der Waals surface area contributed by atoms with Gasteiger partial charge in [0.05, 0.1) is 18.8 Å². The van der Waals surface area contributed by atoms with Crippen molar-refractivity contribution in [2.24, 2.45) is 17.4 Å². The van der Waals surface area contributed by atoms with Crippen LogP contribution >= 0.6 is 11.8 Å². The van der Waals surface area contributed by atoms with Gasteiger partial charge in [0.1, 0.15) is 18.1 Å². The molecule has 0 spiro atoms. The third-order valence-electron chi connectivity index (χ3n) is 4.94. The topological polar surface area (TPSA) is 222 Å². The summed E-state index contributed by atoms with van der Waals surface area (Å²) >= 11 is 1.45. The second-order valence-corrected chi connectivity index (χ2v) is 9.48. The Morgan fingerprint density at radius 1 is 1.06 bits per heavy atom. The van der Waals surface area contributed by atoms with Gasteiger partial charge >= 0.3 is 5.97 Å². The van der Waals surface area contributed by atoms with Crippen LogP contribution in [0.5, 0.6) is 0 Å². The van der Waals surface area contributed by atoms with Gasteiger partial charge in [-0.2, -0.15) is 11.8 Å². The molecule has 1 rings (SSSR count). The van der Waals surface area contributed by atoms with E-state index in [2.05, 4.69) is 25.9 Å². The Morgan fingerprint density at radius 2 is 1.66 bits per heavy atom. The van der Waals surface area contributed by atoms with Crippen molar-refractivity contribution in [3.8, 4) is 0 Å². The zero-order valence-electron chi connectivity index (χ0n) is 20.1. The first-order valence-corrected chi connectivity index (χ1v) is 12.5. The van der Waals surface area contributed by atoms with E-state index in [-0.39, 0.29) is 31.6 Å². The molecule has 0 aliphatic carbocycles. The molecule has 4 atom stereocenters. The highest BCUT2D eigenvalue weighted by atomic mass is 32.2. The van der Waals surface area contributed by atoms with Crippen molar-refractivity contribution in [3.05, 3.63) is 18.2 Å². The number of hydrogen-bond donors (Lipinski definition) is 7. The number of carbonyl (C=O) groups is 5. The molecule has 1 aromatic heterocycles. The lowest BCUT2D eigenvalue weighted by atomic mass is 10.0. The number of nitrogens with one attached hydrogen (secondary N) is 4. The largest absolute Gasteiger partial charge is 0.480 e. The van der Waals surface area contributed by atoms with Crippen LogP contribution in [-0.2, 0) is 30.4 Å². The average Bonchev–Trinajstić information content (AvgIpc) is 3.27. The number of amides is 4. The number of hydrogen-bond acceptors (Lipinski definition) is 8. The summed E-state index contributed by atoms with van der Waals surface area (Å²) in [6.45, 7) is 3.70. The SMILES string of the molecule is CSCCC(NC(=O)C(CC(C)C)NC(=O)C(N)CC(N)=O)C(=O)NC(Cc1cnc[nH]1)C(=O)O. The number of carboxylic acid groups (broad SMARTS) is 1. The van der Waals surface area contributed by atoms with Crippen LogP contribution in [0.2, 0.25) is 0 Å². The fourth-order valence-electron chi connectivity index (χ4n) is 3.16. The molecule has 13 nitrogen and oxygen atoms in total. The third-order valence-corrected chi connectivity index (χ3v) is 5.58. The lowest BCUT2D eigenvalue weighted by Crippen LogP contribution is -2.57. The Labute approximate surface area is 207 Å². The van der Waals surface area contributed by atoms with Crippen molar-refractivity contribution in [1.82, 2.24) is 25.9 Å². The molecule has 0 radical (unpaired) electrons. The normalized spacial score (nSPS) is 14.4. The summed E-state index contributed by atoms with van der Waals surface area (Å²) in [5, 5.41) is 17.1. The zero-order valence-corrected chi connectivity index (χ0v) is 20.9. The molecular formula is C21H35N7O6S. The maximum absolute atomic E-state index is 13.0. The van der Waals surface area contributed by atoms with Crippen molar-refractivity contribution < 1.29 is 29.1 Å². The van der Waals surface area contributed by atoms with E-state index in [1.165, 1.54) is 24.3 Å². The molecular weight excluding hydrogens is 478 g/mol. The van der Waals surface area contributed by atoms with E-state index in [1.54, 1.807) is 0 Å². The lowest BCUT2D eigenvalue weighted by Gasteiger charge is -2.26. The van der Waals surface area contributed by atoms with E-state index in [0.29, 0.717) is 11.4 Å². The molecule has 0 bridgehead atoms. The number of nitrogens with zero attached hydrogens (tertiary/aromatic N) is 1. The Morgan fingerprint density at radius 3 is 2.17 bits per heavy atom. The van der Waals surface area contributed by atoms with Gasteiger partial charge in [-0.25, -0.2) is 9.78 Å². The van der Waals surface area contributed by atoms with Crippen LogP contribution in [0.1, 0.15) is 38.8 Å². The average molecular weight is 514 g/mol. The Hall–Kier alpha value is -3.13. The van der Waals surface area contributed by atoms with Crippen molar-refractivity contribution in [1.29, 1.82) is 0 Å². The summed E-state index contributed by atoms with van der Waals surface area (Å²) in [4.78, 5) is 67.7. The van der Waals surface area contributed by atoms with Crippen LogP contribution in [0.3, 0.4) is 0 Å². The number of thioether (sulfide) groups is 1. The lowest BCUT2D eigenvalue weighted by molar-refractivity contribution is -0.142. The number of nitrogens with two attached hydrogens (primary N) is 2. The Bertz CT molecular complexity index is 864. The van der Waals surface area contributed by atoms with Crippen LogP contribution in [-0.4, -0.2) is 80.8 Å². The number of carboxylic acids is 1. The minimum absolute atomic E-state index is 0.00249. The molecule has 1 heterocycles. The maximum Gasteiger partial charge on any atom is 0.326 e. The van der Waals surface area contributed by atoms with Gasteiger partial charge in [-0.3, -0.25) is 19.2 Å². The summed E-state index contributed by atoms with van der Waals surface area (Å²) in [7, 11) is 0. The van der Waals surface area contributed by atoms with E-state index < -0.39 is 53.8 Å². The van der Waals surface area contributed by atoms with Gasteiger partial charge in [0.2, 0.25) is 23.6 Å². The molecule has 0 aromatic carbocycles. The fraction of sp³-hybridized carbons (Fsp3) is 0.619. The molecule has 9 N–H and O–H groups in total. The standard InChI is InChI=1S/C21H35N7O6S/c1-11(2)6-15(27-18(30)13(22)8-17(23)29)20(32)26-14(4-5-35-3)19(31)28-16(21(33)34)7-12-9-24-10-25-12/h9-11,13-16H,4-8,22H2,1-3H3,(H2,23,29)(H,24,25)(H,26,32)(H,27,30)(H,28,31)(H,33,34). The summed E-state index contributed by atoms with van der Waals surface area (Å²) < 4.78 is 0. The molecule has 0 aliphatic rings. The van der Waals surface area contributed by atoms with Gasteiger partial charge in [0.15, 0.2) is 0 Å². The molecule has 0 fully saturated rings. The van der Waals surface area contributed by atoms with E-state index in [9.17, 15) is 29.1 Å². The number of rotatable bonds is 16. The Balaban J connectivity index is 2.95. The van der Waals surface area contributed by atoms with Crippen molar-refractivity contribution in [3.63, 3.8) is 0 Å². The predicted octanol–water partition coefficient (Wildman–Crippen LogP) is -1.51. The highest BCUT2D eigenvalue weighted by Gasteiger charge is 2.31. The molecule has 4 unspecified atom stereocenters. The number of carbonyl (C=O) groups excluding carboxylic acids is 4. The second kappa shape index (κ2) is 15.0. The van der Waals surface area contributed by atoms with Crippen molar-refractivity contribution >= 4 is 41.4 Å². The van der Waals surface area contributed by atoms with Crippen LogP contribution in [0.25, 0.3) is 0 Å². The first-order valence-electron chi connectivity index (χ1n) is 11.1. The molecule has 4 amide bonds. The van der Waals surface area contributed by atoms with E-state index >= 15 is 0 Å². The van der Waals surface area contributed by atoms with Crippen molar-refractivity contribution in [2.75, 3.05) is 12.0 Å². The number of aliphatic carboxylic acids is 1. The quantitative estimate of drug-likeness (QED) is 0.136. The summed E-state index contributed by atoms with van der Waals surface area (Å²) in [5.41, 5.74) is 11.3. The van der Waals surface area contributed by atoms with Gasteiger partial charge in [-0.1, -0.05) is 13.8 Å². The number of H-pyrrole nitrogens is 1. The van der Waals surface area contributed by atoms with Crippen molar-refractivity contribution in [2.45, 2.75) is 63.7 Å². The van der Waals surface area contributed by atoms with Crippen LogP contribution in [0.15, 0.2) is 12.5 Å². The molecule has 0 saturated heterocycles. The van der Waals surface area contributed by atoms with Gasteiger partial charge in [0.25, 0.3) is 0 Å². The number of aromatic amines is 1. The van der Waals surface area contributed by atoms with Crippen LogP contribution in [0.4, 0.5) is 0 Å². The highest BCUT2D eigenvalue weighted by molar-refractivity contribution is 7.98. The fourth-order valence-corrected chi connectivity index (χ4v) is 3.63. The molecule has 196 valence electrons. The van der Waals surface area contributed by atoms with Gasteiger partial charge in [-0.15, -0.1) is 0 Å². The first kappa shape index (κ1) is 29.9. The molecule has 0 aliphatic heterocycles. The van der Waals surface area contributed by atoms with E-state index in [4.69, 9.17) is 11.5 Å². The second-order valence-electron chi connectivity index (χ2n) is 8.49. The van der Waals surface area contributed by atoms with E-state index in [1.807, 2.05) is 20.1 Å². The van der Waals surface area contributed by atoms with Gasteiger partial charge in [0, 0.05) is 18.3 Å². The van der Waals surface area contributed by atoms with Gasteiger partial charge in [-0.05, 0) is 30.8 Å². The molecule has 14 heteroatoms. The minimum Gasteiger partial charge on any atom is -0.480 e. The summed E-state index contributed by atoms with van der Waals surface area (Å²) in [6.07, 6.45) is 4.76. The summed E-state index contributed by atoms with van der Waals surface area (Å²) in [6, 6.07) is -4.52. The third kappa shape index (κ3) is 11.2.